The van der Waals surface area contributed by atoms with Crippen LogP contribution in [0, 0.1) is 5.41 Å². The van der Waals surface area contributed by atoms with Crippen LogP contribution in [-0.2, 0) is 5.41 Å². The molecule has 0 nitrogen and oxygen atoms in total. The minimum atomic E-state index is 0.283. The minimum Gasteiger partial charge on any atom is -0.0783 e. The number of hydrogen-bond donors (Lipinski definition) is 0. The molecule has 0 saturated heterocycles. The fraction of sp³-hybridized carbons (Fsp3) is 0.556. The van der Waals surface area contributed by atoms with E-state index in [1.165, 1.54) is 24.0 Å². The first-order chi connectivity index (χ1) is 8.30. The third-order valence-corrected chi connectivity index (χ3v) is 4.21. The smallest absolute Gasteiger partial charge is 0.0106 e. The van der Waals surface area contributed by atoms with Crippen LogP contribution in [0.25, 0.3) is 6.08 Å². The zero-order valence-corrected chi connectivity index (χ0v) is 12.9. The highest BCUT2D eigenvalue weighted by molar-refractivity contribution is 5.51. The Balaban J connectivity index is 2.85. The van der Waals surface area contributed by atoms with E-state index in [1.807, 2.05) is 0 Å². The van der Waals surface area contributed by atoms with E-state index in [1.54, 1.807) is 0 Å². The Morgan fingerprint density at radius 1 is 0.889 bits per heavy atom. The van der Waals surface area contributed by atoms with Crippen molar-refractivity contribution in [2.75, 3.05) is 0 Å². The topological polar surface area (TPSA) is 0 Å². The third kappa shape index (κ3) is 4.01. The first-order valence-corrected chi connectivity index (χ1v) is 7.10. The summed E-state index contributed by atoms with van der Waals surface area (Å²) in [6, 6.07) is 8.99. The summed E-state index contributed by atoms with van der Waals surface area (Å²) in [6.45, 7) is 13.6. The Bertz CT molecular complexity index is 391. The first kappa shape index (κ1) is 15.0. The standard InChI is InChI=1S/C18H28/c1-7-17(3,4)14-13-15-9-11-16(12-10-15)18(5,6)8-2/h9-14H,7-8H2,1-6H3/b14-13+. The van der Waals surface area contributed by atoms with E-state index in [9.17, 15) is 0 Å². The molecule has 1 aromatic carbocycles. The van der Waals surface area contributed by atoms with E-state index in [-0.39, 0.29) is 5.41 Å². The van der Waals surface area contributed by atoms with Gasteiger partial charge in [-0.3, -0.25) is 0 Å². The van der Waals surface area contributed by atoms with E-state index in [4.69, 9.17) is 0 Å². The summed E-state index contributed by atoms with van der Waals surface area (Å²) in [5.74, 6) is 0. The molecule has 100 valence electrons. The lowest BCUT2D eigenvalue weighted by Gasteiger charge is -2.23. The summed E-state index contributed by atoms with van der Waals surface area (Å²) in [5, 5.41) is 0. The molecule has 0 N–H and O–H groups in total. The maximum Gasteiger partial charge on any atom is -0.0106 e. The van der Waals surface area contributed by atoms with Gasteiger partial charge in [0, 0.05) is 0 Å². The molecule has 0 fully saturated rings. The predicted molar refractivity (Wildman–Crippen MR) is 82.9 cm³/mol. The average molecular weight is 244 g/mol. The highest BCUT2D eigenvalue weighted by Gasteiger charge is 2.17. The van der Waals surface area contributed by atoms with Crippen molar-refractivity contribution in [3.63, 3.8) is 0 Å². The quantitative estimate of drug-likeness (QED) is 0.612. The van der Waals surface area contributed by atoms with Gasteiger partial charge in [0.1, 0.15) is 0 Å². The summed E-state index contributed by atoms with van der Waals surface area (Å²) in [7, 11) is 0. The van der Waals surface area contributed by atoms with Crippen molar-refractivity contribution in [1.82, 2.24) is 0 Å². The van der Waals surface area contributed by atoms with Gasteiger partial charge in [-0.1, -0.05) is 78.0 Å². The van der Waals surface area contributed by atoms with Gasteiger partial charge in [0.05, 0.1) is 0 Å². The molecule has 0 radical (unpaired) electrons. The van der Waals surface area contributed by atoms with Crippen molar-refractivity contribution in [3.05, 3.63) is 41.5 Å². The Kier molecular flexibility index (Phi) is 4.78. The van der Waals surface area contributed by atoms with Crippen molar-refractivity contribution in [3.8, 4) is 0 Å². The summed E-state index contributed by atoms with van der Waals surface area (Å²) in [6.07, 6.45) is 6.90. The molecule has 0 amide bonds. The summed E-state index contributed by atoms with van der Waals surface area (Å²) in [5.41, 5.74) is 3.30. The molecule has 0 heteroatoms. The van der Waals surface area contributed by atoms with Crippen LogP contribution in [0.1, 0.15) is 65.5 Å². The van der Waals surface area contributed by atoms with Crippen LogP contribution in [-0.4, -0.2) is 0 Å². The normalized spacial score (nSPS) is 13.2. The Morgan fingerprint density at radius 2 is 1.44 bits per heavy atom. The lowest BCUT2D eigenvalue weighted by atomic mass is 9.82. The zero-order valence-electron chi connectivity index (χ0n) is 12.9. The van der Waals surface area contributed by atoms with Crippen LogP contribution in [0.5, 0.6) is 0 Å². The van der Waals surface area contributed by atoms with E-state index >= 15 is 0 Å². The fourth-order valence-corrected chi connectivity index (χ4v) is 1.69. The summed E-state index contributed by atoms with van der Waals surface area (Å²) < 4.78 is 0. The molecule has 0 spiro atoms. The molecule has 0 aliphatic heterocycles. The molecule has 0 saturated carbocycles. The number of allylic oxidation sites excluding steroid dienone is 1. The fourth-order valence-electron chi connectivity index (χ4n) is 1.69. The lowest BCUT2D eigenvalue weighted by Crippen LogP contribution is -2.14. The molecule has 0 aliphatic rings. The molecule has 0 unspecified atom stereocenters. The average Bonchev–Trinajstić information content (AvgIpc) is 2.37. The molecule has 0 aromatic heterocycles. The first-order valence-electron chi connectivity index (χ1n) is 7.10. The van der Waals surface area contributed by atoms with Gasteiger partial charge in [0.25, 0.3) is 0 Å². The van der Waals surface area contributed by atoms with Crippen molar-refractivity contribution in [2.45, 2.75) is 59.8 Å². The molecular weight excluding hydrogens is 216 g/mol. The van der Waals surface area contributed by atoms with Gasteiger partial charge < -0.3 is 0 Å². The molecule has 0 aliphatic carbocycles. The number of rotatable bonds is 5. The van der Waals surface area contributed by atoms with E-state index in [0.717, 1.165) is 0 Å². The molecule has 1 rings (SSSR count). The molecule has 0 bridgehead atoms. The highest BCUT2D eigenvalue weighted by Crippen LogP contribution is 2.27. The molecule has 1 aromatic rings. The molecule has 0 atom stereocenters. The van der Waals surface area contributed by atoms with Gasteiger partial charge in [-0.05, 0) is 34.8 Å². The number of benzene rings is 1. The second kappa shape index (κ2) is 5.73. The van der Waals surface area contributed by atoms with Crippen LogP contribution < -0.4 is 0 Å². The van der Waals surface area contributed by atoms with Gasteiger partial charge in [-0.15, -0.1) is 0 Å². The van der Waals surface area contributed by atoms with Gasteiger partial charge in [-0.25, -0.2) is 0 Å². The Morgan fingerprint density at radius 3 is 1.89 bits per heavy atom. The van der Waals surface area contributed by atoms with Gasteiger partial charge in [0.15, 0.2) is 0 Å². The van der Waals surface area contributed by atoms with Crippen molar-refractivity contribution in [1.29, 1.82) is 0 Å². The van der Waals surface area contributed by atoms with Crippen LogP contribution in [0.4, 0.5) is 0 Å². The Hall–Kier alpha value is -1.04. The van der Waals surface area contributed by atoms with Gasteiger partial charge >= 0.3 is 0 Å². The van der Waals surface area contributed by atoms with E-state index < -0.39 is 0 Å². The van der Waals surface area contributed by atoms with Crippen molar-refractivity contribution in [2.24, 2.45) is 5.41 Å². The van der Waals surface area contributed by atoms with Crippen LogP contribution in [0.2, 0.25) is 0 Å². The molecular formula is C18H28. The van der Waals surface area contributed by atoms with Crippen molar-refractivity contribution < 1.29 is 0 Å². The van der Waals surface area contributed by atoms with Crippen LogP contribution in [0.15, 0.2) is 30.3 Å². The number of hydrogen-bond acceptors (Lipinski definition) is 0. The molecule has 0 heterocycles. The van der Waals surface area contributed by atoms with E-state index in [0.29, 0.717) is 5.41 Å². The van der Waals surface area contributed by atoms with Crippen LogP contribution >= 0.6 is 0 Å². The zero-order chi connectivity index (χ0) is 13.8. The third-order valence-electron chi connectivity index (χ3n) is 4.21. The maximum atomic E-state index is 2.31. The second-order valence-electron chi connectivity index (χ2n) is 6.53. The highest BCUT2D eigenvalue weighted by atomic mass is 14.2. The van der Waals surface area contributed by atoms with Crippen molar-refractivity contribution >= 4 is 6.08 Å². The summed E-state index contributed by atoms with van der Waals surface area (Å²) in [4.78, 5) is 0. The van der Waals surface area contributed by atoms with Gasteiger partial charge in [0.2, 0.25) is 0 Å². The minimum absolute atomic E-state index is 0.283. The second-order valence-corrected chi connectivity index (χ2v) is 6.53. The molecule has 18 heavy (non-hydrogen) atoms. The lowest BCUT2D eigenvalue weighted by molar-refractivity contribution is 0.464. The Labute approximate surface area is 113 Å². The maximum absolute atomic E-state index is 2.31. The van der Waals surface area contributed by atoms with E-state index in [2.05, 4.69) is 78.0 Å². The van der Waals surface area contributed by atoms with Crippen LogP contribution in [0.3, 0.4) is 0 Å². The SMILES string of the molecule is CCC(C)(C)/C=C/c1ccc(C(C)(C)CC)cc1. The predicted octanol–water partition coefficient (Wildman–Crippen LogP) is 5.82. The van der Waals surface area contributed by atoms with Gasteiger partial charge in [-0.2, -0.15) is 0 Å². The largest absolute Gasteiger partial charge is 0.0783 e. The summed E-state index contributed by atoms with van der Waals surface area (Å²) >= 11 is 0. The monoisotopic (exact) mass is 244 g/mol.